The molecule has 5 rings (SSSR count). The van der Waals surface area contributed by atoms with E-state index in [4.69, 9.17) is 4.74 Å². The number of aryl methyl sites for hydroxylation is 1. The average Bonchev–Trinajstić information content (AvgIpc) is 2.84. The van der Waals surface area contributed by atoms with Gasteiger partial charge in [0, 0.05) is 74.8 Å². The van der Waals surface area contributed by atoms with Crippen LogP contribution in [0.1, 0.15) is 27.2 Å². The number of carbonyl (C=O) groups is 1. The van der Waals surface area contributed by atoms with Crippen LogP contribution in [0.4, 0.5) is 22.1 Å². The van der Waals surface area contributed by atoms with Crippen molar-refractivity contribution in [3.8, 4) is 0 Å². The molecule has 0 atom stereocenters. The van der Waals surface area contributed by atoms with Gasteiger partial charge in [-0.15, -0.1) is 0 Å². The zero-order valence-corrected chi connectivity index (χ0v) is 21.7. The Morgan fingerprint density at radius 1 is 1.11 bits per heavy atom. The van der Waals surface area contributed by atoms with Crippen molar-refractivity contribution in [3.05, 3.63) is 52.9 Å². The highest BCUT2D eigenvalue weighted by Gasteiger charge is 2.33. The van der Waals surface area contributed by atoms with Gasteiger partial charge in [0.25, 0.3) is 5.56 Å². The third-order valence-electron chi connectivity index (χ3n) is 6.70. The number of ether oxygens (including phenoxy) is 1. The molecule has 2 aliphatic rings. The molecular formula is C27H35N7O3. The smallest absolute Gasteiger partial charge is 0.410 e. The van der Waals surface area contributed by atoms with Crippen LogP contribution in [0.2, 0.25) is 0 Å². The molecule has 1 amide bonds. The molecule has 3 aromatic rings. The third-order valence-corrected chi connectivity index (χ3v) is 6.70. The van der Waals surface area contributed by atoms with Gasteiger partial charge in [0.2, 0.25) is 5.95 Å². The summed E-state index contributed by atoms with van der Waals surface area (Å²) in [6.45, 7) is 11.4. The molecule has 37 heavy (non-hydrogen) atoms. The summed E-state index contributed by atoms with van der Waals surface area (Å²) in [5, 5.41) is 7.45. The zero-order chi connectivity index (χ0) is 26.0. The second kappa shape index (κ2) is 10.4. The van der Waals surface area contributed by atoms with Crippen LogP contribution in [0.15, 0.2) is 47.4 Å². The van der Waals surface area contributed by atoms with Crippen molar-refractivity contribution in [2.45, 2.75) is 39.3 Å². The van der Waals surface area contributed by atoms with E-state index in [1.807, 2.05) is 32.9 Å². The van der Waals surface area contributed by atoms with Crippen molar-refractivity contribution < 1.29 is 9.53 Å². The number of nitrogens with one attached hydrogen (secondary N) is 2. The Morgan fingerprint density at radius 3 is 2.54 bits per heavy atom. The summed E-state index contributed by atoms with van der Waals surface area (Å²) in [6.07, 6.45) is 2.23. The lowest BCUT2D eigenvalue weighted by atomic mass is 9.97. The van der Waals surface area contributed by atoms with E-state index >= 15 is 0 Å². The molecule has 0 radical (unpaired) electrons. The SMILES string of the molecule is CC(C)(C)OC(=O)N1CC(CCn2c(=O)ccc3cnc(Nc4ccc(N5CCNCC5)cc4)nc32)C1. The van der Waals surface area contributed by atoms with Crippen molar-refractivity contribution in [3.63, 3.8) is 0 Å². The van der Waals surface area contributed by atoms with Crippen LogP contribution in [0, 0.1) is 5.92 Å². The number of hydrogen-bond acceptors (Lipinski definition) is 8. The molecule has 2 aromatic heterocycles. The summed E-state index contributed by atoms with van der Waals surface area (Å²) >= 11 is 0. The zero-order valence-electron chi connectivity index (χ0n) is 21.7. The number of anilines is 3. The van der Waals surface area contributed by atoms with Gasteiger partial charge in [0.05, 0.1) is 0 Å². The van der Waals surface area contributed by atoms with Crippen molar-refractivity contribution in [2.75, 3.05) is 49.5 Å². The molecule has 0 aliphatic carbocycles. The minimum Gasteiger partial charge on any atom is -0.444 e. The van der Waals surface area contributed by atoms with E-state index in [1.165, 1.54) is 5.69 Å². The molecule has 196 valence electrons. The lowest BCUT2D eigenvalue weighted by molar-refractivity contribution is -0.00265. The number of likely N-dealkylation sites (tertiary alicyclic amines) is 1. The molecule has 2 saturated heterocycles. The van der Waals surface area contributed by atoms with Crippen LogP contribution in [-0.2, 0) is 11.3 Å². The molecule has 2 fully saturated rings. The fourth-order valence-electron chi connectivity index (χ4n) is 4.70. The van der Waals surface area contributed by atoms with E-state index in [0.717, 1.165) is 43.7 Å². The number of nitrogens with zero attached hydrogens (tertiary/aromatic N) is 5. The topological polar surface area (TPSA) is 105 Å². The Hall–Kier alpha value is -3.66. The van der Waals surface area contributed by atoms with Crippen molar-refractivity contribution in [2.24, 2.45) is 5.92 Å². The van der Waals surface area contributed by atoms with Crippen LogP contribution < -0.4 is 21.1 Å². The van der Waals surface area contributed by atoms with Crippen LogP contribution in [0.3, 0.4) is 0 Å². The first-order valence-electron chi connectivity index (χ1n) is 12.9. The molecule has 2 aliphatic heterocycles. The highest BCUT2D eigenvalue weighted by Crippen LogP contribution is 2.24. The molecule has 2 N–H and O–H groups in total. The first-order chi connectivity index (χ1) is 17.7. The van der Waals surface area contributed by atoms with Crippen LogP contribution in [-0.4, -0.2) is 70.4 Å². The van der Waals surface area contributed by atoms with Crippen molar-refractivity contribution in [1.29, 1.82) is 0 Å². The quantitative estimate of drug-likeness (QED) is 0.526. The fourth-order valence-corrected chi connectivity index (χ4v) is 4.70. The minimum atomic E-state index is -0.503. The maximum absolute atomic E-state index is 12.7. The highest BCUT2D eigenvalue weighted by molar-refractivity contribution is 5.75. The number of piperazine rings is 1. The van der Waals surface area contributed by atoms with Crippen molar-refractivity contribution in [1.82, 2.24) is 24.8 Å². The summed E-state index contributed by atoms with van der Waals surface area (Å²) in [5.74, 6) is 0.768. The molecule has 10 heteroatoms. The van der Waals surface area contributed by atoms with Crippen LogP contribution in [0.5, 0.6) is 0 Å². The van der Waals surface area contributed by atoms with E-state index in [9.17, 15) is 9.59 Å². The molecule has 0 spiro atoms. The molecule has 4 heterocycles. The number of amides is 1. The first-order valence-corrected chi connectivity index (χ1v) is 12.9. The lowest BCUT2D eigenvalue weighted by Gasteiger charge is -2.39. The molecule has 10 nitrogen and oxygen atoms in total. The number of rotatable bonds is 6. The Kier molecular flexibility index (Phi) is 7.01. The highest BCUT2D eigenvalue weighted by atomic mass is 16.6. The standard InChI is InChI=1S/C27H35N7O3/c1-27(2,3)37-26(36)33-17-19(18-33)10-13-34-23(35)9-4-20-16-29-25(31-24(20)34)30-21-5-7-22(8-6-21)32-14-11-28-12-15-32/h4-9,16,19,28H,10-15,17-18H2,1-3H3,(H,29,30,31). The van der Waals surface area contributed by atoms with Crippen molar-refractivity contribution >= 4 is 34.4 Å². The predicted octanol–water partition coefficient (Wildman–Crippen LogP) is 3.20. The van der Waals surface area contributed by atoms with Gasteiger partial charge in [-0.25, -0.2) is 9.78 Å². The number of carbonyl (C=O) groups excluding carboxylic acids is 1. The monoisotopic (exact) mass is 505 g/mol. The second-order valence-corrected chi connectivity index (χ2v) is 10.7. The van der Waals surface area contributed by atoms with E-state index in [-0.39, 0.29) is 11.7 Å². The summed E-state index contributed by atoms with van der Waals surface area (Å²) in [7, 11) is 0. The van der Waals surface area contributed by atoms with E-state index in [2.05, 4.69) is 37.6 Å². The Morgan fingerprint density at radius 2 is 1.84 bits per heavy atom. The normalized spacial score (nSPS) is 16.5. The van der Waals surface area contributed by atoms with Gasteiger partial charge >= 0.3 is 6.09 Å². The third kappa shape index (κ3) is 6.02. The molecule has 1 aromatic carbocycles. The van der Waals surface area contributed by atoms with E-state index in [1.54, 1.807) is 27.8 Å². The first kappa shape index (κ1) is 25.0. The van der Waals surface area contributed by atoms with Gasteiger partial charge in [0.15, 0.2) is 0 Å². The van der Waals surface area contributed by atoms with E-state index < -0.39 is 5.60 Å². The van der Waals surface area contributed by atoms with Gasteiger partial charge in [0.1, 0.15) is 11.2 Å². The maximum atomic E-state index is 12.7. The molecular weight excluding hydrogens is 470 g/mol. The Balaban J connectivity index is 1.24. The number of hydrogen-bond donors (Lipinski definition) is 2. The number of aromatic nitrogens is 3. The fraction of sp³-hybridized carbons (Fsp3) is 0.481. The largest absolute Gasteiger partial charge is 0.444 e. The summed E-state index contributed by atoms with van der Waals surface area (Å²) in [4.78, 5) is 38.1. The van der Waals surface area contributed by atoms with E-state index in [0.29, 0.717) is 37.1 Å². The van der Waals surface area contributed by atoms with Crippen LogP contribution in [0.25, 0.3) is 11.0 Å². The second-order valence-electron chi connectivity index (χ2n) is 10.7. The molecule has 0 unspecified atom stereocenters. The molecule has 0 bridgehead atoms. The number of benzene rings is 1. The Labute approximate surface area is 216 Å². The molecule has 0 saturated carbocycles. The summed E-state index contributed by atoms with van der Waals surface area (Å²) in [5.41, 5.74) is 2.09. The lowest BCUT2D eigenvalue weighted by Crippen LogP contribution is -2.51. The van der Waals surface area contributed by atoms with Crippen LogP contribution >= 0.6 is 0 Å². The van der Waals surface area contributed by atoms with Gasteiger partial charge < -0.3 is 25.2 Å². The Bertz CT molecular complexity index is 1300. The van der Waals surface area contributed by atoms with Gasteiger partial charge in [-0.05, 0) is 63.4 Å². The van der Waals surface area contributed by atoms with Gasteiger partial charge in [-0.2, -0.15) is 4.98 Å². The predicted molar refractivity (Wildman–Crippen MR) is 145 cm³/mol. The maximum Gasteiger partial charge on any atom is 0.410 e. The minimum absolute atomic E-state index is 0.0964. The summed E-state index contributed by atoms with van der Waals surface area (Å²) in [6, 6.07) is 11.6. The number of fused-ring (bicyclic) bond motifs is 1. The average molecular weight is 506 g/mol. The number of pyridine rings is 1. The van der Waals surface area contributed by atoms with Gasteiger partial charge in [-0.3, -0.25) is 9.36 Å². The summed E-state index contributed by atoms with van der Waals surface area (Å²) < 4.78 is 7.13. The van der Waals surface area contributed by atoms with Gasteiger partial charge in [-0.1, -0.05) is 0 Å².